The zero-order valence-electron chi connectivity index (χ0n) is 9.95. The number of halogens is 1. The minimum Gasteiger partial charge on any atom is -0.497 e. The second-order valence-electron chi connectivity index (χ2n) is 4.83. The summed E-state index contributed by atoms with van der Waals surface area (Å²) in [7, 11) is 1.56. The van der Waals surface area contributed by atoms with Crippen LogP contribution in [-0.4, -0.2) is 24.6 Å². The predicted octanol–water partition coefficient (Wildman–Crippen LogP) is 1.81. The quantitative estimate of drug-likeness (QED) is 0.870. The third-order valence-corrected chi connectivity index (χ3v) is 3.78. The van der Waals surface area contributed by atoms with E-state index in [0.29, 0.717) is 24.9 Å². The molecule has 1 atom stereocenters. The molecule has 1 fully saturated rings. The lowest BCUT2D eigenvalue weighted by Crippen LogP contribution is -2.29. The Kier molecular flexibility index (Phi) is 2.56. The number of ether oxygens (including phenoxy) is 1. The molecule has 2 aliphatic rings. The molecule has 1 heterocycles. The molecule has 0 spiro atoms. The molecule has 92 valence electrons. The van der Waals surface area contributed by atoms with Crippen molar-refractivity contribution in [2.75, 3.05) is 13.7 Å². The van der Waals surface area contributed by atoms with Crippen molar-refractivity contribution >= 4 is 0 Å². The van der Waals surface area contributed by atoms with Gasteiger partial charge in [-0.15, -0.1) is 0 Å². The molecule has 3 nitrogen and oxygen atoms in total. The first-order chi connectivity index (χ1) is 8.24. The molecule has 0 amide bonds. The maximum Gasteiger partial charge on any atom is 0.131 e. The third-order valence-electron chi connectivity index (χ3n) is 3.78. The highest BCUT2D eigenvalue weighted by Gasteiger charge is 2.40. The lowest BCUT2D eigenvalue weighted by atomic mass is 10.0. The monoisotopic (exact) mass is 236 g/mol. The Bertz CT molecular complexity index is 445. The standard InChI is InChI=1S/C13H17FN2O/c1-17-9-4-10-11(12(14)5-9)7-16(8-2-3-8)13(10)6-15/h4-5,8,13H,2-3,6-7,15H2,1H3. The Morgan fingerprint density at radius 1 is 1.47 bits per heavy atom. The molecule has 1 unspecified atom stereocenters. The van der Waals surface area contributed by atoms with Gasteiger partial charge in [0.15, 0.2) is 0 Å². The van der Waals surface area contributed by atoms with Crippen LogP contribution in [0.4, 0.5) is 4.39 Å². The molecular weight excluding hydrogens is 219 g/mol. The fourth-order valence-electron chi connectivity index (χ4n) is 2.74. The molecule has 1 saturated carbocycles. The summed E-state index contributed by atoms with van der Waals surface area (Å²) in [6.07, 6.45) is 2.42. The van der Waals surface area contributed by atoms with Crippen molar-refractivity contribution < 1.29 is 9.13 Å². The molecule has 0 radical (unpaired) electrons. The van der Waals surface area contributed by atoms with Crippen molar-refractivity contribution in [2.24, 2.45) is 5.73 Å². The first-order valence-corrected chi connectivity index (χ1v) is 6.06. The van der Waals surface area contributed by atoms with Crippen LogP contribution < -0.4 is 10.5 Å². The molecular formula is C13H17FN2O. The van der Waals surface area contributed by atoms with Gasteiger partial charge in [0.25, 0.3) is 0 Å². The molecule has 0 bridgehead atoms. The van der Waals surface area contributed by atoms with Crippen molar-refractivity contribution in [3.63, 3.8) is 0 Å². The second-order valence-corrected chi connectivity index (χ2v) is 4.83. The van der Waals surface area contributed by atoms with Crippen LogP contribution in [0, 0.1) is 5.82 Å². The van der Waals surface area contributed by atoms with Gasteiger partial charge in [-0.1, -0.05) is 0 Å². The molecule has 3 rings (SSSR count). The van der Waals surface area contributed by atoms with Gasteiger partial charge in [-0.05, 0) is 24.5 Å². The zero-order chi connectivity index (χ0) is 12.0. The normalized spacial score (nSPS) is 23.8. The smallest absolute Gasteiger partial charge is 0.131 e. The van der Waals surface area contributed by atoms with Gasteiger partial charge in [0, 0.05) is 36.8 Å². The van der Waals surface area contributed by atoms with Crippen LogP contribution >= 0.6 is 0 Å². The summed E-state index contributed by atoms with van der Waals surface area (Å²) in [6.45, 7) is 1.23. The number of nitrogens with two attached hydrogens (primary N) is 1. The lowest BCUT2D eigenvalue weighted by molar-refractivity contribution is 0.208. The van der Waals surface area contributed by atoms with Crippen LogP contribution in [0.5, 0.6) is 5.75 Å². The van der Waals surface area contributed by atoms with E-state index in [4.69, 9.17) is 10.5 Å². The Morgan fingerprint density at radius 2 is 2.24 bits per heavy atom. The topological polar surface area (TPSA) is 38.5 Å². The maximum absolute atomic E-state index is 14.0. The van der Waals surface area contributed by atoms with Crippen LogP contribution in [0.25, 0.3) is 0 Å². The number of rotatable bonds is 3. The zero-order valence-corrected chi connectivity index (χ0v) is 9.95. The number of hydrogen-bond donors (Lipinski definition) is 1. The van der Waals surface area contributed by atoms with E-state index in [0.717, 1.165) is 11.1 Å². The van der Waals surface area contributed by atoms with Crippen molar-refractivity contribution in [3.05, 3.63) is 29.1 Å². The number of fused-ring (bicyclic) bond motifs is 1. The van der Waals surface area contributed by atoms with Gasteiger partial charge < -0.3 is 10.5 Å². The molecule has 1 aliphatic heterocycles. The molecule has 17 heavy (non-hydrogen) atoms. The molecule has 1 aliphatic carbocycles. The Balaban J connectivity index is 2.02. The Labute approximate surface area is 100 Å². The largest absolute Gasteiger partial charge is 0.497 e. The number of benzene rings is 1. The van der Waals surface area contributed by atoms with Crippen LogP contribution in [0.1, 0.15) is 30.0 Å². The summed E-state index contributed by atoms with van der Waals surface area (Å²) in [4.78, 5) is 2.33. The predicted molar refractivity (Wildman–Crippen MR) is 63.3 cm³/mol. The lowest BCUT2D eigenvalue weighted by Gasteiger charge is -2.23. The van der Waals surface area contributed by atoms with Gasteiger partial charge in [-0.2, -0.15) is 0 Å². The average molecular weight is 236 g/mol. The van der Waals surface area contributed by atoms with E-state index in [1.165, 1.54) is 18.9 Å². The van der Waals surface area contributed by atoms with E-state index in [1.807, 2.05) is 6.07 Å². The fraction of sp³-hybridized carbons (Fsp3) is 0.538. The minimum atomic E-state index is -0.166. The van der Waals surface area contributed by atoms with Gasteiger partial charge in [0.1, 0.15) is 11.6 Å². The minimum absolute atomic E-state index is 0.155. The molecule has 1 aromatic rings. The highest BCUT2D eigenvalue weighted by atomic mass is 19.1. The molecule has 0 saturated heterocycles. The van der Waals surface area contributed by atoms with Crippen molar-refractivity contribution in [2.45, 2.75) is 31.5 Å². The maximum atomic E-state index is 14.0. The van der Waals surface area contributed by atoms with E-state index in [1.54, 1.807) is 7.11 Å². The Hall–Kier alpha value is -1.13. The third kappa shape index (κ3) is 1.72. The summed E-state index contributed by atoms with van der Waals surface area (Å²) in [5.41, 5.74) is 7.65. The molecule has 1 aromatic carbocycles. The molecule has 2 N–H and O–H groups in total. The van der Waals surface area contributed by atoms with Gasteiger partial charge in [-0.3, -0.25) is 4.90 Å². The van der Waals surface area contributed by atoms with Gasteiger partial charge in [0.2, 0.25) is 0 Å². The van der Waals surface area contributed by atoms with Gasteiger partial charge >= 0.3 is 0 Å². The molecule has 4 heteroatoms. The van der Waals surface area contributed by atoms with E-state index < -0.39 is 0 Å². The summed E-state index contributed by atoms with van der Waals surface area (Å²) in [5, 5.41) is 0. The van der Waals surface area contributed by atoms with E-state index in [-0.39, 0.29) is 11.9 Å². The summed E-state index contributed by atoms with van der Waals surface area (Å²) < 4.78 is 19.1. The van der Waals surface area contributed by atoms with Crippen molar-refractivity contribution in [1.29, 1.82) is 0 Å². The van der Waals surface area contributed by atoms with Crippen molar-refractivity contribution in [3.8, 4) is 5.75 Å². The summed E-state index contributed by atoms with van der Waals surface area (Å²) in [6, 6.07) is 4.14. The highest BCUT2D eigenvalue weighted by Crippen LogP contribution is 2.43. The van der Waals surface area contributed by atoms with E-state index in [2.05, 4.69) is 4.90 Å². The summed E-state index contributed by atoms with van der Waals surface area (Å²) >= 11 is 0. The number of hydrogen-bond acceptors (Lipinski definition) is 3. The number of methoxy groups -OCH3 is 1. The van der Waals surface area contributed by atoms with Crippen LogP contribution in [0.2, 0.25) is 0 Å². The highest BCUT2D eigenvalue weighted by molar-refractivity contribution is 5.42. The van der Waals surface area contributed by atoms with Gasteiger partial charge in [0.05, 0.1) is 7.11 Å². The van der Waals surface area contributed by atoms with E-state index >= 15 is 0 Å². The summed E-state index contributed by atoms with van der Waals surface area (Å²) in [5.74, 6) is 0.415. The second kappa shape index (κ2) is 3.96. The Morgan fingerprint density at radius 3 is 2.82 bits per heavy atom. The van der Waals surface area contributed by atoms with Crippen LogP contribution in [0.3, 0.4) is 0 Å². The SMILES string of the molecule is COc1cc(F)c2c(c1)C(CN)N(C1CC1)C2. The average Bonchev–Trinajstić information content (AvgIpc) is 3.10. The van der Waals surface area contributed by atoms with Crippen molar-refractivity contribution in [1.82, 2.24) is 4.90 Å². The number of nitrogens with zero attached hydrogens (tertiary/aromatic N) is 1. The first kappa shape index (κ1) is 11.0. The van der Waals surface area contributed by atoms with E-state index in [9.17, 15) is 4.39 Å². The molecule has 0 aromatic heterocycles. The van der Waals surface area contributed by atoms with Gasteiger partial charge in [-0.25, -0.2) is 4.39 Å². The van der Waals surface area contributed by atoms with Crippen LogP contribution in [0.15, 0.2) is 12.1 Å². The van der Waals surface area contributed by atoms with Crippen LogP contribution in [-0.2, 0) is 6.54 Å². The fourth-order valence-corrected chi connectivity index (χ4v) is 2.74. The first-order valence-electron chi connectivity index (χ1n) is 6.06.